The number of nitrogens with one attached hydrogen (secondary N) is 2. The Hall–Kier alpha value is -3.34. The number of anilines is 1. The normalized spacial score (nSPS) is 13.2. The Morgan fingerprint density at radius 3 is 2.57 bits per heavy atom. The molecule has 1 fully saturated rings. The lowest BCUT2D eigenvalue weighted by atomic mass is 10.1. The van der Waals surface area contributed by atoms with Gasteiger partial charge >= 0.3 is 0 Å². The first-order chi connectivity index (χ1) is 13.6. The Bertz CT molecular complexity index is 1000. The van der Waals surface area contributed by atoms with Crippen LogP contribution in [0.2, 0.25) is 0 Å². The van der Waals surface area contributed by atoms with E-state index in [4.69, 9.17) is 0 Å². The fraction of sp³-hybridized carbons (Fsp3) is 0.217. The number of carbonyl (C=O) groups excluding carboxylic acids is 2. The Morgan fingerprint density at radius 2 is 1.82 bits per heavy atom. The lowest BCUT2D eigenvalue weighted by Crippen LogP contribution is -2.23. The third-order valence-electron chi connectivity index (χ3n) is 4.95. The molecule has 1 aliphatic rings. The first-order valence-electron chi connectivity index (χ1n) is 9.52. The molecule has 0 atom stereocenters. The number of hydrogen-bond acceptors (Lipinski definition) is 2. The minimum atomic E-state index is -0.124. The SMILES string of the molecule is Cc1ccc(C(=O)NCc2cccc(NC(=O)C3CC3)c2)cc1-n1cccc1. The summed E-state index contributed by atoms with van der Waals surface area (Å²) in [6.45, 7) is 2.43. The second kappa shape index (κ2) is 7.72. The van der Waals surface area contributed by atoms with Crippen LogP contribution in [0.4, 0.5) is 5.69 Å². The largest absolute Gasteiger partial charge is 0.348 e. The highest BCUT2D eigenvalue weighted by molar-refractivity contribution is 5.95. The number of aryl methyl sites for hydroxylation is 1. The first kappa shape index (κ1) is 18.0. The molecule has 4 rings (SSSR count). The van der Waals surface area contributed by atoms with Crippen LogP contribution in [-0.2, 0) is 11.3 Å². The molecule has 0 saturated heterocycles. The maximum absolute atomic E-state index is 12.6. The average Bonchev–Trinajstić information content (AvgIpc) is 3.42. The second-order valence-corrected chi connectivity index (χ2v) is 7.24. The molecule has 1 saturated carbocycles. The molecule has 142 valence electrons. The van der Waals surface area contributed by atoms with Crippen LogP contribution in [0.15, 0.2) is 67.0 Å². The van der Waals surface area contributed by atoms with Gasteiger partial charge in [-0.25, -0.2) is 0 Å². The predicted octanol–water partition coefficient (Wildman–Crippen LogP) is 4.06. The highest BCUT2D eigenvalue weighted by Gasteiger charge is 2.29. The van der Waals surface area contributed by atoms with E-state index in [1.165, 1.54) is 0 Å². The summed E-state index contributed by atoms with van der Waals surface area (Å²) in [5.74, 6) is 0.124. The number of nitrogens with zero attached hydrogens (tertiary/aromatic N) is 1. The van der Waals surface area contributed by atoms with E-state index in [1.807, 2.05) is 78.5 Å². The molecule has 5 nitrogen and oxygen atoms in total. The molecule has 0 bridgehead atoms. The summed E-state index contributed by atoms with van der Waals surface area (Å²) in [4.78, 5) is 24.5. The Balaban J connectivity index is 1.42. The van der Waals surface area contributed by atoms with Crippen molar-refractivity contribution in [3.63, 3.8) is 0 Å². The van der Waals surface area contributed by atoms with E-state index in [0.29, 0.717) is 12.1 Å². The van der Waals surface area contributed by atoms with Crippen molar-refractivity contribution in [3.8, 4) is 5.69 Å². The Labute approximate surface area is 164 Å². The van der Waals surface area contributed by atoms with E-state index >= 15 is 0 Å². The van der Waals surface area contributed by atoms with Gasteiger partial charge in [0.05, 0.1) is 0 Å². The summed E-state index contributed by atoms with van der Waals surface area (Å²) in [7, 11) is 0. The highest BCUT2D eigenvalue weighted by Crippen LogP contribution is 2.30. The summed E-state index contributed by atoms with van der Waals surface area (Å²) < 4.78 is 2.00. The summed E-state index contributed by atoms with van der Waals surface area (Å²) in [5, 5.41) is 5.90. The summed E-state index contributed by atoms with van der Waals surface area (Å²) in [5.41, 5.74) is 4.43. The molecule has 28 heavy (non-hydrogen) atoms. The molecule has 1 aromatic heterocycles. The first-order valence-corrected chi connectivity index (χ1v) is 9.52. The Kier molecular flexibility index (Phi) is 4.98. The summed E-state index contributed by atoms with van der Waals surface area (Å²) in [6.07, 6.45) is 5.88. The van der Waals surface area contributed by atoms with Crippen LogP contribution in [0, 0.1) is 12.8 Å². The monoisotopic (exact) mass is 373 g/mol. The van der Waals surface area contributed by atoms with Crippen molar-refractivity contribution < 1.29 is 9.59 Å². The van der Waals surface area contributed by atoms with Gasteiger partial charge in [-0.3, -0.25) is 9.59 Å². The lowest BCUT2D eigenvalue weighted by Gasteiger charge is -2.11. The molecule has 3 aromatic rings. The average molecular weight is 373 g/mol. The van der Waals surface area contributed by atoms with Gasteiger partial charge in [-0.05, 0) is 67.3 Å². The van der Waals surface area contributed by atoms with Crippen molar-refractivity contribution in [1.29, 1.82) is 0 Å². The molecule has 2 aromatic carbocycles. The van der Waals surface area contributed by atoms with Crippen LogP contribution in [0.3, 0.4) is 0 Å². The topological polar surface area (TPSA) is 63.1 Å². The van der Waals surface area contributed by atoms with E-state index in [1.54, 1.807) is 0 Å². The zero-order chi connectivity index (χ0) is 19.5. The molecule has 5 heteroatoms. The van der Waals surface area contributed by atoms with E-state index in [2.05, 4.69) is 10.6 Å². The maximum atomic E-state index is 12.6. The van der Waals surface area contributed by atoms with Gasteiger partial charge in [0.15, 0.2) is 0 Å². The van der Waals surface area contributed by atoms with Crippen LogP contribution in [-0.4, -0.2) is 16.4 Å². The predicted molar refractivity (Wildman–Crippen MR) is 109 cm³/mol. The van der Waals surface area contributed by atoms with Gasteiger partial charge in [0.2, 0.25) is 5.91 Å². The van der Waals surface area contributed by atoms with Crippen molar-refractivity contribution >= 4 is 17.5 Å². The molecule has 0 aliphatic heterocycles. The number of hydrogen-bond donors (Lipinski definition) is 2. The number of rotatable bonds is 6. The van der Waals surface area contributed by atoms with Gasteiger partial charge in [-0.2, -0.15) is 0 Å². The molecule has 1 aliphatic carbocycles. The number of aromatic nitrogens is 1. The molecule has 0 unspecified atom stereocenters. The molecule has 2 amide bonds. The maximum Gasteiger partial charge on any atom is 0.251 e. The third-order valence-corrected chi connectivity index (χ3v) is 4.95. The number of amides is 2. The minimum Gasteiger partial charge on any atom is -0.348 e. The zero-order valence-corrected chi connectivity index (χ0v) is 15.8. The molecule has 0 radical (unpaired) electrons. The van der Waals surface area contributed by atoms with Crippen molar-refractivity contribution in [2.45, 2.75) is 26.3 Å². The molecule has 0 spiro atoms. The van der Waals surface area contributed by atoms with E-state index in [0.717, 1.165) is 35.3 Å². The third kappa shape index (κ3) is 4.14. The smallest absolute Gasteiger partial charge is 0.251 e. The molecule has 2 N–H and O–H groups in total. The molecular formula is C23H23N3O2. The fourth-order valence-electron chi connectivity index (χ4n) is 3.16. The van der Waals surface area contributed by atoms with Crippen molar-refractivity contribution in [2.24, 2.45) is 5.92 Å². The van der Waals surface area contributed by atoms with Gasteiger partial charge in [-0.1, -0.05) is 18.2 Å². The van der Waals surface area contributed by atoms with Gasteiger partial charge in [-0.15, -0.1) is 0 Å². The van der Waals surface area contributed by atoms with E-state index in [-0.39, 0.29) is 17.7 Å². The van der Waals surface area contributed by atoms with Crippen molar-refractivity contribution in [3.05, 3.63) is 83.7 Å². The van der Waals surface area contributed by atoms with Crippen LogP contribution >= 0.6 is 0 Å². The number of carbonyl (C=O) groups is 2. The van der Waals surface area contributed by atoms with E-state index in [9.17, 15) is 9.59 Å². The van der Waals surface area contributed by atoms with Crippen molar-refractivity contribution in [2.75, 3.05) is 5.32 Å². The van der Waals surface area contributed by atoms with Crippen LogP contribution in [0.25, 0.3) is 5.69 Å². The Morgan fingerprint density at radius 1 is 1.04 bits per heavy atom. The van der Waals surface area contributed by atoms with E-state index < -0.39 is 0 Å². The standard InChI is InChI=1S/C23H23N3O2/c1-16-7-8-19(14-21(16)26-11-2-3-12-26)22(27)24-15-17-5-4-6-20(13-17)25-23(28)18-9-10-18/h2-8,11-14,18H,9-10,15H2,1H3,(H,24,27)(H,25,28). The van der Waals surface area contributed by atoms with Crippen LogP contribution in [0.1, 0.15) is 34.3 Å². The quantitative estimate of drug-likeness (QED) is 0.684. The van der Waals surface area contributed by atoms with Gasteiger partial charge in [0.1, 0.15) is 0 Å². The highest BCUT2D eigenvalue weighted by atomic mass is 16.2. The van der Waals surface area contributed by atoms with Gasteiger partial charge in [0.25, 0.3) is 5.91 Å². The molecular weight excluding hydrogens is 350 g/mol. The summed E-state index contributed by atoms with van der Waals surface area (Å²) in [6, 6.07) is 17.2. The number of benzene rings is 2. The lowest BCUT2D eigenvalue weighted by molar-refractivity contribution is -0.117. The second-order valence-electron chi connectivity index (χ2n) is 7.24. The van der Waals surface area contributed by atoms with Crippen molar-refractivity contribution in [1.82, 2.24) is 9.88 Å². The van der Waals surface area contributed by atoms with Gasteiger partial charge < -0.3 is 15.2 Å². The zero-order valence-electron chi connectivity index (χ0n) is 15.8. The minimum absolute atomic E-state index is 0.0818. The molecule has 1 heterocycles. The van der Waals surface area contributed by atoms with Gasteiger partial charge in [0, 0.05) is 41.8 Å². The van der Waals surface area contributed by atoms with Crippen LogP contribution in [0.5, 0.6) is 0 Å². The summed E-state index contributed by atoms with van der Waals surface area (Å²) >= 11 is 0. The van der Waals surface area contributed by atoms with Crippen LogP contribution < -0.4 is 10.6 Å². The fourth-order valence-corrected chi connectivity index (χ4v) is 3.16.